The lowest BCUT2D eigenvalue weighted by Gasteiger charge is -2.47. The van der Waals surface area contributed by atoms with Gasteiger partial charge in [0.2, 0.25) is 0 Å². The molecule has 0 spiro atoms. The number of nitrogens with one attached hydrogen (secondary N) is 1. The van der Waals surface area contributed by atoms with Gasteiger partial charge in [0.1, 0.15) is 5.54 Å². The number of hydrogen-bond donors (Lipinski definition) is 2. The number of piperidine rings is 1. The second-order valence-corrected chi connectivity index (χ2v) is 7.43. The van der Waals surface area contributed by atoms with Crippen molar-refractivity contribution in [1.82, 2.24) is 4.90 Å². The lowest BCUT2D eigenvalue weighted by molar-refractivity contribution is -0.384. The van der Waals surface area contributed by atoms with Gasteiger partial charge in [-0.3, -0.25) is 10.1 Å². The zero-order valence-electron chi connectivity index (χ0n) is 14.5. The Kier molecular flexibility index (Phi) is 4.88. The van der Waals surface area contributed by atoms with Gasteiger partial charge in [-0.25, -0.2) is 4.79 Å². The molecule has 1 saturated heterocycles. The van der Waals surface area contributed by atoms with Crippen LogP contribution in [0.4, 0.5) is 16.2 Å². The molecule has 2 unspecified atom stereocenters. The van der Waals surface area contributed by atoms with Crippen molar-refractivity contribution < 1.29 is 14.8 Å². The van der Waals surface area contributed by atoms with E-state index in [4.69, 9.17) is 0 Å². The summed E-state index contributed by atoms with van der Waals surface area (Å²) in [4.78, 5) is 23.2. The van der Waals surface area contributed by atoms with Crippen LogP contribution < -0.4 is 5.32 Å². The highest BCUT2D eigenvalue weighted by atomic mass is 16.6. The molecular weight excluding hydrogens is 324 g/mol. The van der Waals surface area contributed by atoms with Crippen molar-refractivity contribution in [2.75, 3.05) is 11.9 Å². The number of carbonyl (C=O) groups is 1. The van der Waals surface area contributed by atoms with Crippen molar-refractivity contribution in [2.24, 2.45) is 5.41 Å². The smallest absolute Gasteiger partial charge is 0.407 e. The van der Waals surface area contributed by atoms with Crippen LogP contribution in [0.5, 0.6) is 0 Å². The predicted molar refractivity (Wildman–Crippen MR) is 92.3 cm³/mol. The van der Waals surface area contributed by atoms with Crippen LogP contribution in [-0.2, 0) is 0 Å². The molecule has 0 aliphatic carbocycles. The molecule has 134 valence electrons. The van der Waals surface area contributed by atoms with Gasteiger partial charge in [-0.2, -0.15) is 5.26 Å². The Hall–Kier alpha value is -2.82. The molecule has 2 N–H and O–H groups in total. The van der Waals surface area contributed by atoms with E-state index in [1.54, 1.807) is 12.1 Å². The summed E-state index contributed by atoms with van der Waals surface area (Å²) in [7, 11) is 0. The number of hydrogen-bond acceptors (Lipinski definition) is 5. The maximum absolute atomic E-state index is 11.5. The van der Waals surface area contributed by atoms with Crippen LogP contribution in [-0.4, -0.2) is 39.1 Å². The summed E-state index contributed by atoms with van der Waals surface area (Å²) >= 11 is 0. The quantitative estimate of drug-likeness (QED) is 0.639. The predicted octanol–water partition coefficient (Wildman–Crippen LogP) is 3.46. The number of benzene rings is 1. The molecular formula is C17H22N4O4. The van der Waals surface area contributed by atoms with Crippen molar-refractivity contribution in [3.05, 3.63) is 34.4 Å². The van der Waals surface area contributed by atoms with Crippen LogP contribution in [0.3, 0.4) is 0 Å². The Morgan fingerprint density at radius 1 is 1.44 bits per heavy atom. The number of nitrogens with zero attached hydrogens (tertiary/aromatic N) is 3. The first-order valence-electron chi connectivity index (χ1n) is 8.01. The number of anilines is 1. The molecule has 1 aromatic carbocycles. The highest BCUT2D eigenvalue weighted by Gasteiger charge is 2.46. The lowest BCUT2D eigenvalue weighted by atomic mass is 9.74. The van der Waals surface area contributed by atoms with E-state index in [0.29, 0.717) is 18.5 Å². The van der Waals surface area contributed by atoms with Crippen LogP contribution in [0.1, 0.15) is 33.6 Å². The van der Waals surface area contributed by atoms with Crippen molar-refractivity contribution in [2.45, 2.75) is 45.2 Å². The van der Waals surface area contributed by atoms with E-state index in [1.165, 1.54) is 17.0 Å². The number of nitro groups is 1. The molecule has 1 aliphatic heterocycles. The molecule has 1 amide bonds. The van der Waals surface area contributed by atoms with Crippen molar-refractivity contribution in [1.29, 1.82) is 5.26 Å². The Morgan fingerprint density at radius 2 is 2.04 bits per heavy atom. The first-order valence-corrected chi connectivity index (χ1v) is 8.01. The van der Waals surface area contributed by atoms with Gasteiger partial charge in [0, 0.05) is 43.2 Å². The highest BCUT2D eigenvalue weighted by Crippen LogP contribution is 2.38. The molecule has 1 aromatic rings. The molecule has 1 aliphatic rings. The first-order chi connectivity index (χ1) is 11.6. The molecule has 0 bridgehead atoms. The summed E-state index contributed by atoms with van der Waals surface area (Å²) in [5.41, 5.74) is -0.661. The topological polar surface area (TPSA) is 119 Å². The number of nitriles is 1. The standard InChI is InChI=1S/C17H22N4O4/c1-16(2,3)14-10-17(11-18,8-9-20(14)15(22)23)19-12-4-6-13(7-5-12)21(24)25/h4-7,14,19H,8-10H2,1-3H3,(H,22,23). The maximum atomic E-state index is 11.5. The van der Waals surface area contributed by atoms with Gasteiger partial charge >= 0.3 is 6.09 Å². The van der Waals surface area contributed by atoms with E-state index in [-0.39, 0.29) is 23.7 Å². The second kappa shape index (κ2) is 6.59. The molecule has 2 rings (SSSR count). The summed E-state index contributed by atoms with van der Waals surface area (Å²) in [5.74, 6) is 0. The van der Waals surface area contributed by atoms with Crippen LogP contribution in [0, 0.1) is 26.9 Å². The van der Waals surface area contributed by atoms with E-state index in [9.17, 15) is 25.3 Å². The fraction of sp³-hybridized carbons (Fsp3) is 0.529. The molecule has 0 radical (unpaired) electrons. The fourth-order valence-corrected chi connectivity index (χ4v) is 3.20. The number of rotatable bonds is 3. The molecule has 1 heterocycles. The van der Waals surface area contributed by atoms with E-state index < -0.39 is 16.6 Å². The molecule has 0 saturated carbocycles. The average molecular weight is 346 g/mol. The molecule has 8 nitrogen and oxygen atoms in total. The summed E-state index contributed by atoms with van der Waals surface area (Å²) in [6.45, 7) is 6.11. The minimum atomic E-state index is -0.984. The van der Waals surface area contributed by atoms with Crippen molar-refractivity contribution >= 4 is 17.5 Å². The average Bonchev–Trinajstić information content (AvgIpc) is 2.54. The van der Waals surface area contributed by atoms with Crippen molar-refractivity contribution in [3.8, 4) is 6.07 Å². The largest absolute Gasteiger partial charge is 0.465 e. The third-order valence-electron chi connectivity index (χ3n) is 4.62. The lowest BCUT2D eigenvalue weighted by Crippen LogP contribution is -2.58. The molecule has 8 heteroatoms. The Bertz CT molecular complexity index is 705. The summed E-state index contributed by atoms with van der Waals surface area (Å²) in [6.07, 6.45) is -0.294. The summed E-state index contributed by atoms with van der Waals surface area (Å²) in [6, 6.07) is 7.86. The summed E-state index contributed by atoms with van der Waals surface area (Å²) in [5, 5.41) is 33.1. The number of nitro benzene ring substituents is 1. The molecule has 25 heavy (non-hydrogen) atoms. The van der Waals surface area contributed by atoms with Gasteiger partial charge < -0.3 is 15.3 Å². The van der Waals surface area contributed by atoms with Crippen LogP contribution in [0.2, 0.25) is 0 Å². The molecule has 2 atom stereocenters. The maximum Gasteiger partial charge on any atom is 0.407 e. The highest BCUT2D eigenvalue weighted by molar-refractivity contribution is 5.66. The van der Waals surface area contributed by atoms with E-state index in [0.717, 1.165) is 0 Å². The molecule has 0 aromatic heterocycles. The minimum Gasteiger partial charge on any atom is -0.465 e. The summed E-state index contributed by atoms with van der Waals surface area (Å²) < 4.78 is 0. The van der Waals surface area contributed by atoms with Crippen LogP contribution >= 0.6 is 0 Å². The first kappa shape index (κ1) is 18.5. The Morgan fingerprint density at radius 3 is 2.48 bits per heavy atom. The fourth-order valence-electron chi connectivity index (χ4n) is 3.20. The zero-order chi connectivity index (χ0) is 18.8. The Labute approximate surface area is 146 Å². The second-order valence-electron chi connectivity index (χ2n) is 7.43. The van der Waals surface area contributed by atoms with Crippen LogP contribution in [0.25, 0.3) is 0 Å². The van der Waals surface area contributed by atoms with E-state index >= 15 is 0 Å². The van der Waals surface area contributed by atoms with Gasteiger partial charge in [0.05, 0.1) is 11.0 Å². The van der Waals surface area contributed by atoms with Gasteiger partial charge in [-0.05, 0) is 17.5 Å². The normalized spacial score (nSPS) is 23.6. The third-order valence-corrected chi connectivity index (χ3v) is 4.62. The SMILES string of the molecule is CC(C)(C)C1CC(C#N)(Nc2ccc([N+](=O)[O-])cc2)CCN1C(=O)O. The van der Waals surface area contributed by atoms with Gasteiger partial charge in [-0.15, -0.1) is 0 Å². The third kappa shape index (κ3) is 3.99. The van der Waals surface area contributed by atoms with E-state index in [2.05, 4.69) is 11.4 Å². The zero-order valence-corrected chi connectivity index (χ0v) is 14.5. The van der Waals surface area contributed by atoms with Crippen LogP contribution in [0.15, 0.2) is 24.3 Å². The van der Waals surface area contributed by atoms with E-state index in [1.807, 2.05) is 20.8 Å². The monoisotopic (exact) mass is 346 g/mol. The number of likely N-dealkylation sites (tertiary alicyclic amines) is 1. The minimum absolute atomic E-state index is 0.0233. The number of non-ortho nitro benzene ring substituents is 1. The Balaban J connectivity index is 2.26. The molecule has 1 fully saturated rings. The van der Waals surface area contributed by atoms with Crippen molar-refractivity contribution in [3.63, 3.8) is 0 Å². The van der Waals surface area contributed by atoms with Gasteiger partial charge in [0.15, 0.2) is 0 Å². The number of carboxylic acid groups (broad SMARTS) is 1. The number of amides is 1. The van der Waals surface area contributed by atoms with Gasteiger partial charge in [-0.1, -0.05) is 20.8 Å². The van der Waals surface area contributed by atoms with Gasteiger partial charge in [0.25, 0.3) is 5.69 Å².